The van der Waals surface area contributed by atoms with E-state index in [4.69, 9.17) is 9.52 Å². The molecule has 148 valence electrons. The number of nitrogens with one attached hydrogen (secondary N) is 1. The zero-order valence-corrected chi connectivity index (χ0v) is 14.9. The lowest BCUT2D eigenvalue weighted by Crippen LogP contribution is -2.20. The van der Waals surface area contributed by atoms with E-state index in [0.29, 0.717) is 27.9 Å². The van der Waals surface area contributed by atoms with Crippen molar-refractivity contribution in [3.63, 3.8) is 0 Å². The van der Waals surface area contributed by atoms with Gasteiger partial charge in [0.05, 0.1) is 12.1 Å². The monoisotopic (exact) mass is 395 g/mol. The van der Waals surface area contributed by atoms with Gasteiger partial charge in [-0.1, -0.05) is 0 Å². The molecule has 2 heterocycles. The summed E-state index contributed by atoms with van der Waals surface area (Å²) < 4.78 is 43.8. The van der Waals surface area contributed by atoms with E-state index in [0.717, 1.165) is 4.68 Å². The van der Waals surface area contributed by atoms with Crippen molar-refractivity contribution in [2.45, 2.75) is 33.0 Å². The minimum atomic E-state index is -4.41. The van der Waals surface area contributed by atoms with Gasteiger partial charge in [-0.25, -0.2) is 4.79 Å². The normalized spacial score (nSPS) is 11.8. The van der Waals surface area contributed by atoms with Crippen molar-refractivity contribution in [3.8, 4) is 0 Å². The van der Waals surface area contributed by atoms with Gasteiger partial charge in [-0.05, 0) is 38.1 Å². The number of aromatic carboxylic acids is 1. The summed E-state index contributed by atoms with van der Waals surface area (Å²) in [6.45, 7) is 1.82. The Morgan fingerprint density at radius 2 is 1.96 bits per heavy atom. The van der Waals surface area contributed by atoms with E-state index in [-0.39, 0.29) is 17.9 Å². The van der Waals surface area contributed by atoms with Crippen LogP contribution in [0, 0.1) is 13.8 Å². The van der Waals surface area contributed by atoms with Gasteiger partial charge in [-0.3, -0.25) is 9.48 Å². The Kier molecular flexibility index (Phi) is 4.88. The second-order valence-electron chi connectivity index (χ2n) is 6.32. The smallest absolute Gasteiger partial charge is 0.408 e. The van der Waals surface area contributed by atoms with Gasteiger partial charge in [0.25, 0.3) is 0 Å². The first-order valence-electron chi connectivity index (χ1n) is 8.20. The molecular formula is C18H16F3N3O4. The van der Waals surface area contributed by atoms with E-state index >= 15 is 0 Å². The first kappa shape index (κ1) is 19.5. The number of halogens is 3. The molecule has 0 radical (unpaired) electrons. The fourth-order valence-electron chi connectivity index (χ4n) is 2.91. The zero-order valence-electron chi connectivity index (χ0n) is 14.9. The third kappa shape index (κ3) is 4.16. The van der Waals surface area contributed by atoms with Crippen LogP contribution in [0.1, 0.15) is 27.5 Å². The van der Waals surface area contributed by atoms with E-state index in [1.54, 1.807) is 19.1 Å². The predicted octanol–water partition coefficient (Wildman–Crippen LogP) is 3.69. The molecule has 1 aromatic carbocycles. The summed E-state index contributed by atoms with van der Waals surface area (Å²) in [5.41, 5.74) is 1.83. The van der Waals surface area contributed by atoms with Gasteiger partial charge in [0.15, 0.2) is 0 Å². The van der Waals surface area contributed by atoms with Crippen molar-refractivity contribution in [2.24, 2.45) is 0 Å². The molecule has 0 saturated heterocycles. The summed E-state index contributed by atoms with van der Waals surface area (Å²) >= 11 is 0. The van der Waals surface area contributed by atoms with Crippen molar-refractivity contribution in [1.82, 2.24) is 9.78 Å². The molecule has 0 fully saturated rings. The summed E-state index contributed by atoms with van der Waals surface area (Å²) in [6.07, 6.45) is -4.54. The molecule has 0 saturated carbocycles. The average molecular weight is 395 g/mol. The number of anilines is 1. The summed E-state index contributed by atoms with van der Waals surface area (Å²) in [4.78, 5) is 23.3. The number of carboxylic acids is 1. The van der Waals surface area contributed by atoms with Gasteiger partial charge in [0.1, 0.15) is 12.1 Å². The largest absolute Gasteiger partial charge is 0.475 e. The number of furan rings is 1. The summed E-state index contributed by atoms with van der Waals surface area (Å²) in [7, 11) is 0. The number of hydrogen-bond donors (Lipinski definition) is 2. The molecular weight excluding hydrogens is 379 g/mol. The number of aryl methyl sites for hydroxylation is 1. The lowest BCUT2D eigenvalue weighted by atomic mass is 10.1. The highest BCUT2D eigenvalue weighted by atomic mass is 19.4. The molecule has 0 spiro atoms. The SMILES string of the molecule is Cc1nn(CC(F)(F)F)c(C)c1CC(=O)Nc1ccc2oc(C(=O)O)cc2c1. The molecule has 2 N–H and O–H groups in total. The third-order valence-corrected chi connectivity index (χ3v) is 4.21. The lowest BCUT2D eigenvalue weighted by Gasteiger charge is -2.09. The highest BCUT2D eigenvalue weighted by Crippen LogP contribution is 2.24. The van der Waals surface area contributed by atoms with E-state index in [1.807, 2.05) is 0 Å². The van der Waals surface area contributed by atoms with Crippen molar-refractivity contribution in [1.29, 1.82) is 0 Å². The first-order valence-corrected chi connectivity index (χ1v) is 8.20. The molecule has 10 heteroatoms. The van der Waals surface area contributed by atoms with Crippen LogP contribution in [0.4, 0.5) is 18.9 Å². The van der Waals surface area contributed by atoms with Gasteiger partial charge in [0, 0.05) is 22.3 Å². The molecule has 28 heavy (non-hydrogen) atoms. The number of aromatic nitrogens is 2. The van der Waals surface area contributed by atoms with Crippen LogP contribution in [0.5, 0.6) is 0 Å². The van der Waals surface area contributed by atoms with Crippen LogP contribution >= 0.6 is 0 Å². The number of hydrogen-bond acceptors (Lipinski definition) is 4. The van der Waals surface area contributed by atoms with Gasteiger partial charge >= 0.3 is 12.1 Å². The van der Waals surface area contributed by atoms with Gasteiger partial charge in [0.2, 0.25) is 11.7 Å². The van der Waals surface area contributed by atoms with Crippen LogP contribution in [0.2, 0.25) is 0 Å². The van der Waals surface area contributed by atoms with Crippen molar-refractivity contribution in [2.75, 3.05) is 5.32 Å². The molecule has 0 aliphatic heterocycles. The average Bonchev–Trinajstić information content (AvgIpc) is 3.10. The number of alkyl halides is 3. The fraction of sp³-hybridized carbons (Fsp3) is 0.278. The molecule has 3 aromatic rings. The van der Waals surface area contributed by atoms with Crippen LogP contribution in [-0.4, -0.2) is 32.9 Å². The van der Waals surface area contributed by atoms with Crippen LogP contribution in [-0.2, 0) is 17.8 Å². The minimum absolute atomic E-state index is 0.140. The molecule has 0 bridgehead atoms. The number of nitrogens with zero attached hydrogens (tertiary/aromatic N) is 2. The van der Waals surface area contributed by atoms with Gasteiger partial charge in [-0.15, -0.1) is 0 Å². The molecule has 0 aliphatic carbocycles. The maximum atomic E-state index is 12.6. The Morgan fingerprint density at radius 1 is 1.25 bits per heavy atom. The third-order valence-electron chi connectivity index (χ3n) is 4.21. The topological polar surface area (TPSA) is 97.4 Å². The quantitative estimate of drug-likeness (QED) is 0.687. The van der Waals surface area contributed by atoms with Gasteiger partial charge in [-0.2, -0.15) is 18.3 Å². The van der Waals surface area contributed by atoms with E-state index < -0.39 is 24.6 Å². The van der Waals surface area contributed by atoms with Crippen LogP contribution in [0.25, 0.3) is 11.0 Å². The maximum Gasteiger partial charge on any atom is 0.408 e. The summed E-state index contributed by atoms with van der Waals surface area (Å²) in [5, 5.41) is 16.0. The van der Waals surface area contributed by atoms with Crippen molar-refractivity contribution >= 4 is 28.5 Å². The number of benzene rings is 1. The van der Waals surface area contributed by atoms with E-state index in [9.17, 15) is 22.8 Å². The second kappa shape index (κ2) is 7.02. The van der Waals surface area contributed by atoms with E-state index in [2.05, 4.69) is 10.4 Å². The molecule has 1 amide bonds. The first-order chi connectivity index (χ1) is 13.0. The van der Waals surface area contributed by atoms with E-state index in [1.165, 1.54) is 19.1 Å². The number of carboxylic acid groups (broad SMARTS) is 1. The highest BCUT2D eigenvalue weighted by Gasteiger charge is 2.30. The van der Waals surface area contributed by atoms with Crippen molar-refractivity contribution in [3.05, 3.63) is 47.0 Å². The Morgan fingerprint density at radius 3 is 2.61 bits per heavy atom. The number of rotatable bonds is 5. The lowest BCUT2D eigenvalue weighted by molar-refractivity contribution is -0.143. The summed E-state index contributed by atoms with van der Waals surface area (Å²) in [6, 6.07) is 5.95. The Bertz CT molecular complexity index is 1070. The number of fused-ring (bicyclic) bond motifs is 1. The second-order valence-corrected chi connectivity index (χ2v) is 6.32. The molecule has 7 nitrogen and oxygen atoms in total. The van der Waals surface area contributed by atoms with Crippen LogP contribution in [0.3, 0.4) is 0 Å². The minimum Gasteiger partial charge on any atom is -0.475 e. The van der Waals surface area contributed by atoms with Crippen molar-refractivity contribution < 1.29 is 32.3 Å². The highest BCUT2D eigenvalue weighted by molar-refractivity contribution is 5.96. The van der Waals surface area contributed by atoms with Crippen LogP contribution in [0.15, 0.2) is 28.7 Å². The molecule has 2 aromatic heterocycles. The molecule has 0 unspecified atom stereocenters. The van der Waals surface area contributed by atoms with Gasteiger partial charge < -0.3 is 14.8 Å². The number of amides is 1. The molecule has 0 atom stereocenters. The fourth-order valence-corrected chi connectivity index (χ4v) is 2.91. The number of carbonyl (C=O) groups excluding carboxylic acids is 1. The van der Waals surface area contributed by atoms with Crippen LogP contribution < -0.4 is 5.32 Å². The molecule has 3 rings (SSSR count). The number of carbonyl (C=O) groups is 2. The Labute approximate surface area is 156 Å². The predicted molar refractivity (Wildman–Crippen MR) is 93.3 cm³/mol. The standard InChI is InChI=1S/C18H16F3N3O4/c1-9-13(10(2)24(23-9)8-18(19,20)21)7-16(25)22-12-3-4-14-11(5-12)6-15(28-14)17(26)27/h3-6H,7-8H2,1-2H3,(H,22,25)(H,26,27). The maximum absolute atomic E-state index is 12.6. The Hall–Kier alpha value is -3.30. The molecule has 0 aliphatic rings. The Balaban J connectivity index is 1.75. The zero-order chi connectivity index (χ0) is 20.6. The summed E-state index contributed by atoms with van der Waals surface area (Å²) in [5.74, 6) is -1.86.